The summed E-state index contributed by atoms with van der Waals surface area (Å²) >= 11 is 11.9. The molecular formula is C24H19Cl2N3O3. The van der Waals surface area contributed by atoms with Gasteiger partial charge in [-0.3, -0.25) is 9.59 Å². The van der Waals surface area contributed by atoms with Crippen LogP contribution in [0.15, 0.2) is 71.9 Å². The summed E-state index contributed by atoms with van der Waals surface area (Å²) in [6, 6.07) is 18.7. The number of hydrogen-bond acceptors (Lipinski definition) is 4. The third-order valence-electron chi connectivity index (χ3n) is 5.18. The van der Waals surface area contributed by atoms with Crippen molar-refractivity contribution in [2.45, 2.75) is 12.8 Å². The Kier molecular flexibility index (Phi) is 6.44. The molecule has 2 N–H and O–H groups in total. The molecule has 0 aromatic heterocycles. The maximum absolute atomic E-state index is 13.2. The second kappa shape index (κ2) is 9.42. The van der Waals surface area contributed by atoms with E-state index in [-0.39, 0.29) is 11.8 Å². The van der Waals surface area contributed by atoms with Gasteiger partial charge in [-0.05, 0) is 61.4 Å². The third kappa shape index (κ3) is 4.61. The predicted molar refractivity (Wildman–Crippen MR) is 127 cm³/mol. The van der Waals surface area contributed by atoms with Crippen LogP contribution in [0.5, 0.6) is 0 Å². The van der Waals surface area contributed by atoms with E-state index in [1.807, 2.05) is 24.3 Å². The topological polar surface area (TPSA) is 82.0 Å². The zero-order valence-electron chi connectivity index (χ0n) is 16.9. The van der Waals surface area contributed by atoms with Crippen molar-refractivity contribution in [1.29, 1.82) is 0 Å². The van der Waals surface area contributed by atoms with Gasteiger partial charge in [0, 0.05) is 39.0 Å². The summed E-state index contributed by atoms with van der Waals surface area (Å²) in [6.07, 6.45) is 1.26. The van der Waals surface area contributed by atoms with Crippen molar-refractivity contribution in [3.05, 3.63) is 93.5 Å². The molecule has 0 atom stereocenters. The minimum absolute atomic E-state index is 0.170. The average Bonchev–Trinajstić information content (AvgIpc) is 2.98. The number of hydrogen-bond donors (Lipinski definition) is 2. The Morgan fingerprint density at radius 2 is 1.62 bits per heavy atom. The summed E-state index contributed by atoms with van der Waals surface area (Å²) in [6.45, 7) is 0.503. The lowest BCUT2D eigenvalue weighted by Crippen LogP contribution is -2.31. The molecule has 3 aromatic carbocycles. The lowest BCUT2D eigenvalue weighted by atomic mass is 10.1. The van der Waals surface area contributed by atoms with Gasteiger partial charge in [-0.1, -0.05) is 46.6 Å². The lowest BCUT2D eigenvalue weighted by Gasteiger charge is -2.23. The lowest BCUT2D eigenvalue weighted by molar-refractivity contribution is 0.0985. The first-order valence-electron chi connectivity index (χ1n) is 9.96. The molecule has 4 rings (SSSR count). The van der Waals surface area contributed by atoms with Crippen LogP contribution in [0.1, 0.15) is 39.1 Å². The van der Waals surface area contributed by atoms with Gasteiger partial charge in [-0.25, -0.2) is 0 Å². The van der Waals surface area contributed by atoms with E-state index in [0.29, 0.717) is 57.6 Å². The number of benzene rings is 3. The second-order valence-corrected chi connectivity index (χ2v) is 8.19. The van der Waals surface area contributed by atoms with E-state index >= 15 is 0 Å². The van der Waals surface area contributed by atoms with Crippen LogP contribution in [0, 0.1) is 0 Å². The highest BCUT2D eigenvalue weighted by molar-refractivity contribution is 6.35. The Morgan fingerprint density at radius 1 is 0.938 bits per heavy atom. The highest BCUT2D eigenvalue weighted by Gasteiger charge is 2.25. The molecule has 8 heteroatoms. The van der Waals surface area contributed by atoms with Gasteiger partial charge in [0.2, 0.25) is 0 Å². The molecule has 0 spiro atoms. The van der Waals surface area contributed by atoms with Gasteiger partial charge in [0.1, 0.15) is 0 Å². The van der Waals surface area contributed by atoms with Crippen LogP contribution >= 0.6 is 23.2 Å². The molecule has 162 valence electrons. The number of rotatable bonds is 3. The summed E-state index contributed by atoms with van der Waals surface area (Å²) in [5, 5.41) is 16.3. The molecule has 1 aliphatic heterocycles. The highest BCUT2D eigenvalue weighted by Crippen LogP contribution is 2.28. The maximum atomic E-state index is 13.2. The zero-order chi connectivity index (χ0) is 22.7. The average molecular weight is 468 g/mol. The Bertz CT molecular complexity index is 1190. The van der Waals surface area contributed by atoms with Crippen LogP contribution in [0.4, 0.5) is 11.4 Å². The van der Waals surface area contributed by atoms with Crippen molar-refractivity contribution in [2.24, 2.45) is 5.16 Å². The largest absolute Gasteiger partial charge is 0.411 e. The molecular weight excluding hydrogens is 449 g/mol. The Balaban J connectivity index is 1.54. The number of anilines is 2. The molecule has 6 nitrogen and oxygen atoms in total. The van der Waals surface area contributed by atoms with E-state index in [1.165, 1.54) is 12.1 Å². The van der Waals surface area contributed by atoms with Crippen molar-refractivity contribution in [1.82, 2.24) is 0 Å². The van der Waals surface area contributed by atoms with E-state index < -0.39 is 0 Å². The predicted octanol–water partition coefficient (Wildman–Crippen LogP) is 5.86. The molecule has 3 aromatic rings. The smallest absolute Gasteiger partial charge is 0.258 e. The van der Waals surface area contributed by atoms with E-state index in [0.717, 1.165) is 5.56 Å². The van der Waals surface area contributed by atoms with Crippen LogP contribution in [-0.2, 0) is 0 Å². The first kappa shape index (κ1) is 21.9. The van der Waals surface area contributed by atoms with Gasteiger partial charge < -0.3 is 15.4 Å². The van der Waals surface area contributed by atoms with Gasteiger partial charge in [-0.2, -0.15) is 0 Å². The second-order valence-electron chi connectivity index (χ2n) is 7.31. The van der Waals surface area contributed by atoms with Crippen LogP contribution in [0.3, 0.4) is 0 Å². The SMILES string of the molecule is O=C(Nc1ccc(C(=O)N2CCC/C(=N\O)c3ccccc32)cc1)c1cc(Cl)cc(Cl)c1. The number of oxime groups is 1. The van der Waals surface area contributed by atoms with Crippen LogP contribution in [-0.4, -0.2) is 29.3 Å². The normalized spacial score (nSPS) is 14.6. The number of nitrogens with zero attached hydrogens (tertiary/aromatic N) is 2. The van der Waals surface area contributed by atoms with Gasteiger partial charge in [0.05, 0.1) is 11.4 Å². The van der Waals surface area contributed by atoms with Gasteiger partial charge in [-0.15, -0.1) is 0 Å². The molecule has 32 heavy (non-hydrogen) atoms. The Labute approximate surface area is 195 Å². The summed E-state index contributed by atoms with van der Waals surface area (Å²) in [5.74, 6) is -0.526. The van der Waals surface area contributed by atoms with Crippen LogP contribution in [0.25, 0.3) is 0 Å². The molecule has 0 aliphatic carbocycles. The maximum Gasteiger partial charge on any atom is 0.258 e. The summed E-state index contributed by atoms with van der Waals surface area (Å²) in [7, 11) is 0. The first-order valence-corrected chi connectivity index (χ1v) is 10.7. The molecule has 1 heterocycles. The zero-order valence-corrected chi connectivity index (χ0v) is 18.4. The van der Waals surface area contributed by atoms with E-state index in [2.05, 4.69) is 10.5 Å². The van der Waals surface area contributed by atoms with Crippen molar-refractivity contribution < 1.29 is 14.8 Å². The van der Waals surface area contributed by atoms with E-state index in [4.69, 9.17) is 23.2 Å². The van der Waals surface area contributed by atoms with Crippen LogP contribution in [0.2, 0.25) is 10.0 Å². The minimum Gasteiger partial charge on any atom is -0.411 e. The molecule has 0 unspecified atom stereocenters. The molecule has 0 saturated heterocycles. The third-order valence-corrected chi connectivity index (χ3v) is 5.62. The highest BCUT2D eigenvalue weighted by atomic mass is 35.5. The van der Waals surface area contributed by atoms with Crippen molar-refractivity contribution >= 4 is 52.1 Å². The van der Waals surface area contributed by atoms with Gasteiger partial charge in [0.25, 0.3) is 11.8 Å². The van der Waals surface area contributed by atoms with Gasteiger partial charge >= 0.3 is 0 Å². The first-order chi connectivity index (χ1) is 15.5. The number of halogens is 2. The van der Waals surface area contributed by atoms with E-state index in [1.54, 1.807) is 35.2 Å². The number of para-hydroxylation sites is 1. The van der Waals surface area contributed by atoms with E-state index in [9.17, 15) is 14.8 Å². The fourth-order valence-corrected chi connectivity index (χ4v) is 4.19. The van der Waals surface area contributed by atoms with Crippen LogP contribution < -0.4 is 10.2 Å². The molecule has 0 saturated carbocycles. The quantitative estimate of drug-likeness (QED) is 0.373. The minimum atomic E-state index is -0.356. The Morgan fingerprint density at radius 3 is 2.31 bits per heavy atom. The molecule has 0 bridgehead atoms. The fourth-order valence-electron chi connectivity index (χ4n) is 3.67. The van der Waals surface area contributed by atoms with Crippen molar-refractivity contribution in [3.8, 4) is 0 Å². The van der Waals surface area contributed by atoms with Crippen molar-refractivity contribution in [3.63, 3.8) is 0 Å². The number of fused-ring (bicyclic) bond motifs is 1. The fraction of sp³-hybridized carbons (Fsp3) is 0.125. The molecule has 0 radical (unpaired) electrons. The molecule has 2 amide bonds. The summed E-state index contributed by atoms with van der Waals surface area (Å²) in [5.41, 5.74) is 3.37. The Hall–Kier alpha value is -3.35. The van der Waals surface area contributed by atoms with Gasteiger partial charge in [0.15, 0.2) is 0 Å². The molecule has 1 aliphatic rings. The number of nitrogens with one attached hydrogen (secondary N) is 1. The number of carbonyl (C=O) groups is 2. The summed E-state index contributed by atoms with van der Waals surface area (Å²) < 4.78 is 0. The summed E-state index contributed by atoms with van der Waals surface area (Å²) in [4.78, 5) is 27.4. The monoisotopic (exact) mass is 467 g/mol. The van der Waals surface area contributed by atoms with Crippen molar-refractivity contribution in [2.75, 3.05) is 16.8 Å². The number of carbonyl (C=O) groups excluding carboxylic acids is 2. The standard InChI is InChI=1S/C24H19Cl2N3O3/c25-17-12-16(13-18(26)14-17)23(30)27-19-9-7-15(8-10-19)24(31)29-11-3-5-21(28-32)20-4-1-2-6-22(20)29/h1-2,4,6-10,12-14,32H,3,5,11H2,(H,27,30)/b28-21+. The molecule has 0 fully saturated rings. The number of amides is 2.